The largest absolute Gasteiger partial charge is 0.490 e. The molecule has 0 aliphatic carbocycles. The van der Waals surface area contributed by atoms with Crippen molar-refractivity contribution in [3.63, 3.8) is 0 Å². The second-order valence-electron chi connectivity index (χ2n) is 6.06. The van der Waals surface area contributed by atoms with Gasteiger partial charge in [0.25, 0.3) is 0 Å². The molecule has 3 nitrogen and oxygen atoms in total. The summed E-state index contributed by atoms with van der Waals surface area (Å²) >= 11 is 6.71. The van der Waals surface area contributed by atoms with Crippen LogP contribution in [0, 0.1) is 0 Å². The third-order valence-corrected chi connectivity index (χ3v) is 4.70. The molecule has 0 radical (unpaired) electrons. The summed E-state index contributed by atoms with van der Waals surface area (Å²) in [6.07, 6.45) is 3.06. The second-order valence-corrected chi connectivity index (χ2v) is 6.49. The van der Waals surface area contributed by atoms with Gasteiger partial charge in [-0.2, -0.15) is 0 Å². The predicted octanol–water partition coefficient (Wildman–Crippen LogP) is 3.92. The fourth-order valence-corrected chi connectivity index (χ4v) is 3.58. The van der Waals surface area contributed by atoms with E-state index in [1.165, 1.54) is 11.1 Å². The van der Waals surface area contributed by atoms with Gasteiger partial charge in [0.1, 0.15) is 6.04 Å². The quantitative estimate of drug-likeness (QED) is 0.849. The molecule has 0 fully saturated rings. The van der Waals surface area contributed by atoms with Crippen LogP contribution in [0.5, 0.6) is 11.5 Å². The molecule has 0 saturated carbocycles. The third kappa shape index (κ3) is 4.17. The molecule has 4 heteroatoms. The zero-order valence-electron chi connectivity index (χ0n) is 14.8. The molecule has 0 spiro atoms. The molecule has 0 saturated heterocycles. The van der Waals surface area contributed by atoms with E-state index in [1.807, 2.05) is 32.0 Å². The number of benzene rings is 2. The molecule has 1 heterocycles. The zero-order valence-corrected chi connectivity index (χ0v) is 15.6. The van der Waals surface area contributed by atoms with Gasteiger partial charge in [0.05, 0.1) is 24.8 Å². The van der Waals surface area contributed by atoms with Crippen molar-refractivity contribution in [3.05, 3.63) is 64.2 Å². The number of hydrogen-bond acceptors (Lipinski definition) is 2. The summed E-state index contributed by atoms with van der Waals surface area (Å²) in [4.78, 5) is 0. The molecule has 2 aromatic carbocycles. The van der Waals surface area contributed by atoms with Crippen molar-refractivity contribution in [1.29, 1.82) is 0 Å². The van der Waals surface area contributed by atoms with Gasteiger partial charge in [-0.15, -0.1) is 0 Å². The van der Waals surface area contributed by atoms with Crippen molar-refractivity contribution in [2.45, 2.75) is 26.3 Å². The average Bonchev–Trinajstić information content (AvgIpc) is 2.63. The molecule has 1 atom stereocenters. The minimum Gasteiger partial charge on any atom is -0.490 e. The lowest BCUT2D eigenvalue weighted by Crippen LogP contribution is -2.87. The minimum atomic E-state index is 0.0977. The monoisotopic (exact) mass is 358 g/mol. The molecule has 0 bridgehead atoms. The summed E-state index contributed by atoms with van der Waals surface area (Å²) in [6.45, 7) is 6.23. The van der Waals surface area contributed by atoms with Crippen molar-refractivity contribution in [3.8, 4) is 11.5 Å². The molecule has 0 amide bonds. The molecule has 3 rings (SSSR count). The van der Waals surface area contributed by atoms with Gasteiger partial charge in [-0.25, -0.2) is 0 Å². The first kappa shape index (κ1) is 17.8. The molecular weight excluding hydrogens is 334 g/mol. The van der Waals surface area contributed by atoms with Gasteiger partial charge in [-0.3, -0.25) is 0 Å². The van der Waals surface area contributed by atoms with E-state index in [0.29, 0.717) is 13.2 Å². The number of quaternary nitrogens is 1. The van der Waals surface area contributed by atoms with E-state index in [9.17, 15) is 0 Å². The van der Waals surface area contributed by atoms with Crippen molar-refractivity contribution in [2.24, 2.45) is 0 Å². The highest BCUT2D eigenvalue weighted by Crippen LogP contribution is 2.37. The van der Waals surface area contributed by atoms with E-state index in [4.69, 9.17) is 21.1 Å². The zero-order chi connectivity index (χ0) is 17.6. The predicted molar refractivity (Wildman–Crippen MR) is 102 cm³/mol. The molecule has 0 unspecified atom stereocenters. The summed E-state index contributed by atoms with van der Waals surface area (Å²) in [6, 6.07) is 14.5. The smallest absolute Gasteiger partial charge is 0.161 e. The lowest BCUT2D eigenvalue weighted by molar-refractivity contribution is -0.689. The first-order valence-electron chi connectivity index (χ1n) is 8.90. The third-order valence-electron chi connectivity index (χ3n) is 4.36. The number of fused-ring (bicyclic) bond motifs is 1. The Balaban J connectivity index is 1.97. The molecular formula is C21H25ClNO2+. The van der Waals surface area contributed by atoms with E-state index in [1.54, 1.807) is 0 Å². The topological polar surface area (TPSA) is 35.1 Å². The van der Waals surface area contributed by atoms with E-state index in [0.717, 1.165) is 35.1 Å². The van der Waals surface area contributed by atoms with Crippen molar-refractivity contribution in [2.75, 3.05) is 19.8 Å². The van der Waals surface area contributed by atoms with Gasteiger partial charge in [-0.1, -0.05) is 41.9 Å². The van der Waals surface area contributed by atoms with Gasteiger partial charge in [0.2, 0.25) is 0 Å². The SMILES string of the molecule is CCOc1cc2c(cc1OCC)[C@@H](/C(Cl)=C/c1ccccc1)[NH2+]CC2. The maximum atomic E-state index is 6.71. The molecule has 132 valence electrons. The van der Waals surface area contributed by atoms with Gasteiger partial charge < -0.3 is 14.8 Å². The maximum absolute atomic E-state index is 6.71. The van der Waals surface area contributed by atoms with Crippen LogP contribution in [0.3, 0.4) is 0 Å². The van der Waals surface area contributed by atoms with Crippen LogP contribution in [0.2, 0.25) is 0 Å². The van der Waals surface area contributed by atoms with Crippen molar-refractivity contribution < 1.29 is 14.8 Å². The van der Waals surface area contributed by atoms with Crippen LogP contribution in [-0.2, 0) is 6.42 Å². The number of ether oxygens (including phenoxy) is 2. The Morgan fingerprint density at radius 3 is 2.48 bits per heavy atom. The van der Waals surface area contributed by atoms with Crippen molar-refractivity contribution in [1.82, 2.24) is 0 Å². The van der Waals surface area contributed by atoms with Crippen LogP contribution in [0.25, 0.3) is 6.08 Å². The van der Waals surface area contributed by atoms with Crippen LogP contribution >= 0.6 is 11.6 Å². The van der Waals surface area contributed by atoms with Crippen LogP contribution in [0.1, 0.15) is 36.6 Å². The normalized spacial score (nSPS) is 17.1. The highest BCUT2D eigenvalue weighted by atomic mass is 35.5. The summed E-state index contributed by atoms with van der Waals surface area (Å²) in [5, 5.41) is 3.12. The number of hydrogen-bond donors (Lipinski definition) is 1. The highest BCUT2D eigenvalue weighted by molar-refractivity contribution is 6.32. The lowest BCUT2D eigenvalue weighted by atomic mass is 9.92. The van der Waals surface area contributed by atoms with E-state index >= 15 is 0 Å². The fourth-order valence-electron chi connectivity index (χ4n) is 3.25. The van der Waals surface area contributed by atoms with Crippen LogP contribution in [-0.4, -0.2) is 19.8 Å². The molecule has 2 N–H and O–H groups in total. The standard InChI is InChI=1S/C21H24ClNO2/c1-3-24-19-13-16-10-11-23-21(17(16)14-20(19)25-4-2)18(22)12-15-8-6-5-7-9-15/h5-9,12-14,21,23H,3-4,10-11H2,1-2H3/p+1/b18-12-/t21-/m0/s1. The van der Waals surface area contributed by atoms with E-state index < -0.39 is 0 Å². The fraction of sp³-hybridized carbons (Fsp3) is 0.333. The van der Waals surface area contributed by atoms with Gasteiger partial charge in [0, 0.05) is 12.0 Å². The summed E-state index contributed by atoms with van der Waals surface area (Å²) < 4.78 is 11.6. The number of rotatable bonds is 6. The van der Waals surface area contributed by atoms with Crippen molar-refractivity contribution >= 4 is 17.7 Å². The van der Waals surface area contributed by atoms with Crippen LogP contribution in [0.4, 0.5) is 0 Å². The van der Waals surface area contributed by atoms with Gasteiger partial charge in [0.15, 0.2) is 11.5 Å². The van der Waals surface area contributed by atoms with E-state index in [-0.39, 0.29) is 6.04 Å². The van der Waals surface area contributed by atoms with Gasteiger partial charge in [-0.05, 0) is 43.2 Å². The molecule has 1 aliphatic rings. The Kier molecular flexibility index (Phi) is 6.00. The molecule has 25 heavy (non-hydrogen) atoms. The maximum Gasteiger partial charge on any atom is 0.161 e. The Bertz CT molecular complexity index is 743. The Morgan fingerprint density at radius 2 is 1.80 bits per heavy atom. The Labute approximate surface area is 154 Å². The molecule has 2 aromatic rings. The molecule has 0 aromatic heterocycles. The lowest BCUT2D eigenvalue weighted by Gasteiger charge is -2.25. The summed E-state index contributed by atoms with van der Waals surface area (Å²) in [5.74, 6) is 1.62. The second kappa shape index (κ2) is 8.41. The highest BCUT2D eigenvalue weighted by Gasteiger charge is 2.28. The first-order chi connectivity index (χ1) is 12.2. The number of halogens is 1. The van der Waals surface area contributed by atoms with Crippen LogP contribution < -0.4 is 14.8 Å². The molecule has 1 aliphatic heterocycles. The number of nitrogens with two attached hydrogens (primary N) is 1. The summed E-state index contributed by atoms with van der Waals surface area (Å²) in [7, 11) is 0. The van der Waals surface area contributed by atoms with Crippen LogP contribution in [0.15, 0.2) is 47.5 Å². The van der Waals surface area contributed by atoms with E-state index in [2.05, 4.69) is 35.7 Å². The first-order valence-corrected chi connectivity index (χ1v) is 9.28. The average molecular weight is 359 g/mol. The minimum absolute atomic E-state index is 0.0977. The van der Waals surface area contributed by atoms with Gasteiger partial charge >= 0.3 is 0 Å². The Morgan fingerprint density at radius 1 is 1.12 bits per heavy atom. The Hall–Kier alpha value is -1.97. The summed E-state index contributed by atoms with van der Waals surface area (Å²) in [5.41, 5.74) is 3.62.